The van der Waals surface area contributed by atoms with Gasteiger partial charge in [-0.05, 0) is 24.3 Å². The summed E-state index contributed by atoms with van der Waals surface area (Å²) in [6.45, 7) is 0.403. The molecule has 2 rings (SSSR count). The van der Waals surface area contributed by atoms with Crippen LogP contribution in [-0.2, 0) is 9.09 Å². The predicted molar refractivity (Wildman–Crippen MR) is 83.1 cm³/mol. The Bertz CT molecular complexity index is 541. The third-order valence-electron chi connectivity index (χ3n) is 2.27. The zero-order valence-electron chi connectivity index (χ0n) is 10.8. The minimum atomic E-state index is -3.33. The molecule has 5 heteroatoms. The first-order valence-electron chi connectivity index (χ1n) is 6.07. The lowest BCUT2D eigenvalue weighted by Gasteiger charge is -2.17. The fourth-order valence-corrected chi connectivity index (χ4v) is 4.63. The third-order valence-corrected chi connectivity index (χ3v) is 5.72. The van der Waals surface area contributed by atoms with E-state index in [1.807, 2.05) is 48.5 Å². The standard InChI is InChI=1S/C15H15O3PS/c1-2-13-17-19(16,18-14-9-5-3-6-10-14)20-15-11-7-4-8-12-15/h2-12H,1,13H2. The van der Waals surface area contributed by atoms with Crippen molar-refractivity contribution in [1.29, 1.82) is 0 Å². The van der Waals surface area contributed by atoms with E-state index >= 15 is 0 Å². The van der Waals surface area contributed by atoms with E-state index < -0.39 is 6.80 Å². The van der Waals surface area contributed by atoms with Crippen LogP contribution in [0.15, 0.2) is 78.2 Å². The topological polar surface area (TPSA) is 35.5 Å². The van der Waals surface area contributed by atoms with E-state index in [0.29, 0.717) is 5.75 Å². The van der Waals surface area contributed by atoms with Crippen LogP contribution in [0.5, 0.6) is 5.75 Å². The molecule has 0 spiro atoms. The van der Waals surface area contributed by atoms with E-state index in [0.717, 1.165) is 16.3 Å². The Morgan fingerprint density at radius 2 is 1.65 bits per heavy atom. The zero-order chi connectivity index (χ0) is 14.3. The van der Waals surface area contributed by atoms with Crippen LogP contribution in [-0.4, -0.2) is 6.61 Å². The second-order valence-electron chi connectivity index (χ2n) is 3.84. The molecule has 0 amide bonds. The van der Waals surface area contributed by atoms with E-state index in [1.165, 1.54) is 0 Å². The largest absolute Gasteiger partial charge is 0.445 e. The molecular weight excluding hydrogens is 291 g/mol. The molecule has 0 fully saturated rings. The molecule has 0 aliphatic heterocycles. The number of hydrogen-bond donors (Lipinski definition) is 0. The highest BCUT2D eigenvalue weighted by Crippen LogP contribution is 2.62. The van der Waals surface area contributed by atoms with E-state index in [9.17, 15) is 4.57 Å². The number of benzene rings is 2. The Morgan fingerprint density at radius 1 is 1.05 bits per heavy atom. The highest BCUT2D eigenvalue weighted by Gasteiger charge is 2.28. The lowest BCUT2D eigenvalue weighted by Crippen LogP contribution is -1.95. The third kappa shape index (κ3) is 4.57. The van der Waals surface area contributed by atoms with Crippen LogP contribution >= 0.6 is 18.2 Å². The van der Waals surface area contributed by atoms with Gasteiger partial charge in [0.2, 0.25) is 0 Å². The first-order valence-corrected chi connectivity index (χ1v) is 9.03. The van der Waals surface area contributed by atoms with Crippen molar-refractivity contribution in [2.24, 2.45) is 0 Å². The van der Waals surface area contributed by atoms with Crippen LogP contribution in [0.4, 0.5) is 0 Å². The average Bonchev–Trinajstić information content (AvgIpc) is 2.47. The van der Waals surface area contributed by atoms with Gasteiger partial charge in [-0.2, -0.15) is 0 Å². The fraction of sp³-hybridized carbons (Fsp3) is 0.0667. The lowest BCUT2D eigenvalue weighted by molar-refractivity contribution is 0.311. The van der Waals surface area contributed by atoms with Crippen LogP contribution in [0.25, 0.3) is 0 Å². The van der Waals surface area contributed by atoms with Crippen LogP contribution in [0.3, 0.4) is 0 Å². The fourth-order valence-electron chi connectivity index (χ4n) is 1.44. The molecule has 0 aromatic heterocycles. The summed E-state index contributed by atoms with van der Waals surface area (Å²) in [5, 5.41) is 0. The van der Waals surface area contributed by atoms with Crippen LogP contribution < -0.4 is 4.52 Å². The normalized spacial score (nSPS) is 13.4. The molecule has 2 aromatic rings. The summed E-state index contributed by atoms with van der Waals surface area (Å²) in [4.78, 5) is 0.829. The summed E-state index contributed by atoms with van der Waals surface area (Å²) in [6.07, 6.45) is 1.55. The van der Waals surface area contributed by atoms with E-state index in [4.69, 9.17) is 9.05 Å². The summed E-state index contributed by atoms with van der Waals surface area (Å²) in [5.74, 6) is 0.517. The molecule has 2 aromatic carbocycles. The molecule has 0 aliphatic carbocycles. The molecule has 0 heterocycles. The molecule has 104 valence electrons. The molecular formula is C15H15O3PS. The van der Waals surface area contributed by atoms with Crippen molar-refractivity contribution in [2.75, 3.05) is 6.61 Å². The summed E-state index contributed by atoms with van der Waals surface area (Å²) in [6, 6.07) is 18.4. The van der Waals surface area contributed by atoms with Crippen molar-refractivity contribution in [3.8, 4) is 5.75 Å². The second-order valence-corrected chi connectivity index (χ2v) is 7.72. The van der Waals surface area contributed by atoms with E-state index in [-0.39, 0.29) is 6.61 Å². The number of hydrogen-bond acceptors (Lipinski definition) is 4. The minimum Gasteiger partial charge on any atom is -0.417 e. The lowest BCUT2D eigenvalue weighted by atomic mass is 10.3. The van der Waals surface area contributed by atoms with Gasteiger partial charge in [-0.3, -0.25) is 4.52 Å². The van der Waals surface area contributed by atoms with E-state index in [1.54, 1.807) is 18.2 Å². The first-order chi connectivity index (χ1) is 9.72. The van der Waals surface area contributed by atoms with Crippen LogP contribution in [0, 0.1) is 0 Å². The van der Waals surface area contributed by atoms with Gasteiger partial charge in [0.25, 0.3) is 0 Å². The molecule has 1 unspecified atom stereocenters. The number of para-hydroxylation sites is 1. The molecule has 1 atom stereocenters. The molecule has 0 saturated heterocycles. The second kappa shape index (κ2) is 7.34. The molecule has 0 radical (unpaired) electrons. The molecule has 3 nitrogen and oxygen atoms in total. The molecule has 0 aliphatic rings. The highest BCUT2D eigenvalue weighted by atomic mass is 32.7. The van der Waals surface area contributed by atoms with Crippen molar-refractivity contribution in [3.63, 3.8) is 0 Å². The molecule has 0 bridgehead atoms. The maximum Gasteiger partial charge on any atom is 0.445 e. The Kier molecular flexibility index (Phi) is 5.48. The smallest absolute Gasteiger partial charge is 0.417 e. The van der Waals surface area contributed by atoms with Gasteiger partial charge in [-0.15, -0.1) is 6.58 Å². The van der Waals surface area contributed by atoms with Crippen molar-refractivity contribution in [2.45, 2.75) is 4.90 Å². The quantitative estimate of drug-likeness (QED) is 0.522. The van der Waals surface area contributed by atoms with Crippen molar-refractivity contribution < 1.29 is 13.6 Å². The van der Waals surface area contributed by atoms with E-state index in [2.05, 4.69) is 6.58 Å². The van der Waals surface area contributed by atoms with Gasteiger partial charge in [0.05, 0.1) is 6.61 Å². The monoisotopic (exact) mass is 306 g/mol. The zero-order valence-corrected chi connectivity index (χ0v) is 12.6. The van der Waals surface area contributed by atoms with Crippen LogP contribution in [0.1, 0.15) is 0 Å². The SMILES string of the molecule is C=CCOP(=O)(Oc1ccccc1)Sc1ccccc1. The number of rotatable bonds is 7. The van der Waals surface area contributed by atoms with Crippen molar-refractivity contribution in [3.05, 3.63) is 73.3 Å². The summed E-state index contributed by atoms with van der Waals surface area (Å²) >= 11 is 1.09. The Balaban J connectivity index is 2.16. The minimum absolute atomic E-state index is 0.171. The molecule has 20 heavy (non-hydrogen) atoms. The Morgan fingerprint density at radius 3 is 2.25 bits per heavy atom. The van der Waals surface area contributed by atoms with Gasteiger partial charge in [0.1, 0.15) is 5.75 Å². The summed E-state index contributed by atoms with van der Waals surface area (Å²) in [5.41, 5.74) is 0. The summed E-state index contributed by atoms with van der Waals surface area (Å²) in [7, 11) is 0. The molecule has 0 saturated carbocycles. The van der Waals surface area contributed by atoms with Gasteiger partial charge >= 0.3 is 6.80 Å². The Hall–Kier alpha value is -1.48. The Labute approximate surface area is 122 Å². The summed E-state index contributed by atoms with van der Waals surface area (Å²) < 4.78 is 23.7. The predicted octanol–water partition coefficient (Wildman–Crippen LogP) is 5.17. The van der Waals surface area contributed by atoms with Crippen molar-refractivity contribution in [1.82, 2.24) is 0 Å². The van der Waals surface area contributed by atoms with Gasteiger partial charge in [-0.1, -0.05) is 42.5 Å². The van der Waals surface area contributed by atoms with Crippen LogP contribution in [0.2, 0.25) is 0 Å². The van der Waals surface area contributed by atoms with Gasteiger partial charge < -0.3 is 4.52 Å². The highest BCUT2D eigenvalue weighted by molar-refractivity contribution is 8.55. The van der Waals surface area contributed by atoms with Gasteiger partial charge in [0.15, 0.2) is 0 Å². The maximum absolute atomic E-state index is 12.8. The first kappa shape index (κ1) is 14.9. The van der Waals surface area contributed by atoms with Gasteiger partial charge in [0, 0.05) is 16.3 Å². The van der Waals surface area contributed by atoms with Gasteiger partial charge in [-0.25, -0.2) is 4.57 Å². The van der Waals surface area contributed by atoms with Crippen molar-refractivity contribution >= 4 is 18.2 Å². The maximum atomic E-state index is 12.8. The average molecular weight is 306 g/mol. The molecule has 0 N–H and O–H groups in total.